The van der Waals surface area contributed by atoms with Gasteiger partial charge in [-0.25, -0.2) is 0 Å². The molecule has 2 bridgehead atoms. The van der Waals surface area contributed by atoms with Gasteiger partial charge in [-0.3, -0.25) is 14.4 Å². The van der Waals surface area contributed by atoms with Crippen LogP contribution in [0.4, 0.5) is 0 Å². The van der Waals surface area contributed by atoms with Crippen molar-refractivity contribution in [1.82, 2.24) is 9.80 Å². The van der Waals surface area contributed by atoms with Gasteiger partial charge in [0.2, 0.25) is 11.8 Å². The summed E-state index contributed by atoms with van der Waals surface area (Å²) in [4.78, 5) is 44.5. The van der Waals surface area contributed by atoms with Crippen molar-refractivity contribution in [1.29, 1.82) is 0 Å². The number of aliphatic hydroxyl groups excluding tert-OH is 1. The van der Waals surface area contributed by atoms with E-state index in [1.165, 1.54) is 11.0 Å². The SMILES string of the molecule is C=CCOC(=O)[C@@H]1[C@H]2C(=O)N(CCO)C(C(=O)N(CC=C)C3CCCCC3)C23CC[C@@]1(CC)O3. The molecular weight excluding hydrogens is 436 g/mol. The lowest BCUT2D eigenvalue weighted by atomic mass is 9.65. The second-order valence-electron chi connectivity index (χ2n) is 10.1. The van der Waals surface area contributed by atoms with Crippen LogP contribution in [0.3, 0.4) is 0 Å². The fraction of sp³-hybridized carbons (Fsp3) is 0.731. The average molecular weight is 475 g/mol. The number of hydrogen-bond donors (Lipinski definition) is 1. The zero-order valence-electron chi connectivity index (χ0n) is 20.2. The minimum Gasteiger partial charge on any atom is -0.461 e. The van der Waals surface area contributed by atoms with E-state index >= 15 is 0 Å². The van der Waals surface area contributed by atoms with Crippen molar-refractivity contribution in [2.45, 2.75) is 81.6 Å². The molecule has 3 saturated heterocycles. The zero-order chi connectivity index (χ0) is 24.5. The Morgan fingerprint density at radius 1 is 1.24 bits per heavy atom. The molecule has 4 aliphatic rings. The zero-order valence-corrected chi connectivity index (χ0v) is 20.2. The Kier molecular flexibility index (Phi) is 7.20. The molecule has 5 atom stereocenters. The summed E-state index contributed by atoms with van der Waals surface area (Å²) in [6.07, 6.45) is 10.0. The predicted octanol–water partition coefficient (Wildman–Crippen LogP) is 2.21. The van der Waals surface area contributed by atoms with Gasteiger partial charge in [0.1, 0.15) is 24.2 Å². The van der Waals surface area contributed by atoms with Crippen LogP contribution in [-0.4, -0.2) is 82.3 Å². The number of esters is 1. The van der Waals surface area contributed by atoms with Gasteiger partial charge in [-0.2, -0.15) is 0 Å². The average Bonchev–Trinajstić information content (AvgIpc) is 3.45. The Hall–Kier alpha value is -2.19. The number of ether oxygens (including phenoxy) is 2. The lowest BCUT2D eigenvalue weighted by Crippen LogP contribution is -2.58. The molecule has 8 heteroatoms. The Balaban J connectivity index is 1.74. The van der Waals surface area contributed by atoms with Crippen molar-refractivity contribution >= 4 is 17.8 Å². The van der Waals surface area contributed by atoms with Crippen LogP contribution in [0.5, 0.6) is 0 Å². The molecule has 4 fully saturated rings. The van der Waals surface area contributed by atoms with E-state index in [2.05, 4.69) is 13.2 Å². The number of amides is 2. The number of β-amino-alcohol motifs (C(OH)–C–C–N with tert-alkyl or cyclic N) is 1. The van der Waals surface area contributed by atoms with Crippen LogP contribution < -0.4 is 0 Å². The highest BCUT2D eigenvalue weighted by Gasteiger charge is 2.79. The van der Waals surface area contributed by atoms with E-state index < -0.39 is 35.0 Å². The van der Waals surface area contributed by atoms with Gasteiger partial charge in [0.05, 0.1) is 18.1 Å². The van der Waals surface area contributed by atoms with E-state index in [0.29, 0.717) is 25.8 Å². The van der Waals surface area contributed by atoms with Crippen LogP contribution >= 0.6 is 0 Å². The van der Waals surface area contributed by atoms with E-state index in [0.717, 1.165) is 32.1 Å². The van der Waals surface area contributed by atoms with Crippen molar-refractivity contribution in [2.24, 2.45) is 11.8 Å². The molecule has 4 rings (SSSR count). The second kappa shape index (κ2) is 9.82. The van der Waals surface area contributed by atoms with Gasteiger partial charge in [0.25, 0.3) is 0 Å². The van der Waals surface area contributed by atoms with Crippen molar-refractivity contribution < 1.29 is 29.0 Å². The summed E-state index contributed by atoms with van der Waals surface area (Å²) < 4.78 is 12.1. The highest BCUT2D eigenvalue weighted by atomic mass is 16.6. The van der Waals surface area contributed by atoms with Crippen LogP contribution in [0, 0.1) is 11.8 Å². The van der Waals surface area contributed by atoms with Gasteiger partial charge in [-0.1, -0.05) is 44.9 Å². The number of rotatable bonds is 10. The fourth-order valence-electron chi connectivity index (χ4n) is 7.04. The third-order valence-electron chi connectivity index (χ3n) is 8.48. The first-order valence-electron chi connectivity index (χ1n) is 12.7. The quantitative estimate of drug-likeness (QED) is 0.385. The molecule has 3 heterocycles. The Morgan fingerprint density at radius 3 is 2.59 bits per heavy atom. The summed E-state index contributed by atoms with van der Waals surface area (Å²) >= 11 is 0. The van der Waals surface area contributed by atoms with Crippen LogP contribution in [0.2, 0.25) is 0 Å². The van der Waals surface area contributed by atoms with Gasteiger partial charge in [-0.15, -0.1) is 6.58 Å². The smallest absolute Gasteiger partial charge is 0.313 e. The molecule has 0 aromatic rings. The number of fused-ring (bicyclic) bond motifs is 1. The monoisotopic (exact) mass is 474 g/mol. The summed E-state index contributed by atoms with van der Waals surface area (Å²) in [6, 6.07) is -0.780. The predicted molar refractivity (Wildman–Crippen MR) is 126 cm³/mol. The largest absolute Gasteiger partial charge is 0.461 e. The first-order valence-corrected chi connectivity index (χ1v) is 12.7. The number of likely N-dealkylation sites (tertiary alicyclic amines) is 1. The number of carbonyl (C=O) groups is 3. The molecule has 2 unspecified atom stereocenters. The minimum absolute atomic E-state index is 0.0248. The maximum absolute atomic E-state index is 14.2. The van der Waals surface area contributed by atoms with Gasteiger partial charge in [0.15, 0.2) is 0 Å². The summed E-state index contributed by atoms with van der Waals surface area (Å²) in [7, 11) is 0. The molecule has 188 valence electrons. The van der Waals surface area contributed by atoms with Gasteiger partial charge in [0, 0.05) is 19.1 Å². The molecule has 34 heavy (non-hydrogen) atoms. The summed E-state index contributed by atoms with van der Waals surface area (Å²) in [5.74, 6) is -2.52. The highest BCUT2D eigenvalue weighted by Crippen LogP contribution is 2.64. The molecular formula is C26H38N2O6. The lowest BCUT2D eigenvalue weighted by Gasteiger charge is -2.40. The summed E-state index contributed by atoms with van der Waals surface area (Å²) in [6.45, 7) is 9.62. The van der Waals surface area contributed by atoms with E-state index in [4.69, 9.17) is 9.47 Å². The molecule has 1 aliphatic carbocycles. The van der Waals surface area contributed by atoms with Crippen molar-refractivity contribution in [2.75, 3.05) is 26.3 Å². The van der Waals surface area contributed by atoms with E-state index in [1.807, 2.05) is 11.8 Å². The van der Waals surface area contributed by atoms with Crippen LogP contribution in [0.15, 0.2) is 25.3 Å². The van der Waals surface area contributed by atoms with Crippen molar-refractivity contribution in [3.05, 3.63) is 25.3 Å². The number of carbonyl (C=O) groups excluding carboxylic acids is 3. The molecule has 1 spiro atoms. The molecule has 0 aromatic heterocycles. The van der Waals surface area contributed by atoms with E-state index in [-0.39, 0.29) is 37.6 Å². The van der Waals surface area contributed by atoms with Gasteiger partial charge in [-0.05, 0) is 32.1 Å². The maximum Gasteiger partial charge on any atom is 0.313 e. The molecule has 1 N–H and O–H groups in total. The molecule has 0 radical (unpaired) electrons. The van der Waals surface area contributed by atoms with Gasteiger partial charge >= 0.3 is 5.97 Å². The molecule has 3 aliphatic heterocycles. The number of nitrogens with zero attached hydrogens (tertiary/aromatic N) is 2. The normalized spacial score (nSPS) is 34.7. The molecule has 2 amide bonds. The Bertz CT molecular complexity index is 839. The lowest BCUT2D eigenvalue weighted by molar-refractivity contribution is -0.161. The Labute approximate surface area is 201 Å². The third kappa shape index (κ3) is 3.70. The van der Waals surface area contributed by atoms with Gasteiger partial charge < -0.3 is 24.4 Å². The number of hydrogen-bond acceptors (Lipinski definition) is 6. The highest BCUT2D eigenvalue weighted by molar-refractivity contribution is 5.98. The molecule has 8 nitrogen and oxygen atoms in total. The summed E-state index contributed by atoms with van der Waals surface area (Å²) in [5.41, 5.74) is -1.91. The second-order valence-corrected chi connectivity index (χ2v) is 10.1. The number of aliphatic hydroxyl groups is 1. The van der Waals surface area contributed by atoms with E-state index in [9.17, 15) is 19.5 Å². The van der Waals surface area contributed by atoms with Crippen molar-refractivity contribution in [3.8, 4) is 0 Å². The first-order chi connectivity index (χ1) is 16.4. The van der Waals surface area contributed by atoms with Crippen molar-refractivity contribution in [3.63, 3.8) is 0 Å². The van der Waals surface area contributed by atoms with Crippen LogP contribution in [-0.2, 0) is 23.9 Å². The standard InChI is InChI=1S/C26H38N2O6/c1-4-14-27(18-10-8-7-9-11-18)23(31)21-26-13-12-25(6-3,34-26)20(24(32)33-17-5-2)19(26)22(30)28(21)15-16-29/h4-5,18-21,29H,1-2,6-17H2,3H3/t19-,20-,21?,25+,26?/m0/s1. The summed E-state index contributed by atoms with van der Waals surface area (Å²) in [5, 5.41) is 9.77. The third-order valence-corrected chi connectivity index (χ3v) is 8.48. The maximum atomic E-state index is 14.2. The van der Waals surface area contributed by atoms with Crippen LogP contribution in [0.1, 0.15) is 58.3 Å². The van der Waals surface area contributed by atoms with E-state index in [1.54, 1.807) is 6.08 Å². The van der Waals surface area contributed by atoms with Crippen LogP contribution in [0.25, 0.3) is 0 Å². The minimum atomic E-state index is -1.09. The first kappa shape index (κ1) is 24.9. The topological polar surface area (TPSA) is 96.4 Å². The fourth-order valence-corrected chi connectivity index (χ4v) is 7.04. The molecule has 0 aromatic carbocycles. The Morgan fingerprint density at radius 2 is 1.97 bits per heavy atom. The molecule has 1 saturated carbocycles.